The third kappa shape index (κ3) is 4.85. The molecule has 0 unspecified atom stereocenters. The highest BCUT2D eigenvalue weighted by atomic mass is 32.2. The number of halogens is 6. The van der Waals surface area contributed by atoms with E-state index in [0.717, 1.165) is 36.5 Å². The van der Waals surface area contributed by atoms with Crippen LogP contribution < -0.4 is 4.90 Å². The number of pyridine rings is 1. The summed E-state index contributed by atoms with van der Waals surface area (Å²) < 4.78 is 102. The zero-order valence-electron chi connectivity index (χ0n) is 17.5. The summed E-state index contributed by atoms with van der Waals surface area (Å²) in [5, 5.41) is 0. The lowest BCUT2D eigenvalue weighted by Crippen LogP contribution is -2.48. The van der Waals surface area contributed by atoms with Crippen molar-refractivity contribution in [3.8, 4) is 0 Å². The summed E-state index contributed by atoms with van der Waals surface area (Å²) in [6, 6.07) is 5.29. The molecule has 1 aromatic heterocycles. The van der Waals surface area contributed by atoms with Crippen LogP contribution in [0.25, 0.3) is 0 Å². The minimum atomic E-state index is -4.72. The van der Waals surface area contributed by atoms with Crippen molar-refractivity contribution in [2.24, 2.45) is 5.92 Å². The molecule has 5 nitrogen and oxygen atoms in total. The van der Waals surface area contributed by atoms with Crippen LogP contribution in [-0.4, -0.2) is 30.6 Å². The molecule has 0 saturated carbocycles. The van der Waals surface area contributed by atoms with Crippen molar-refractivity contribution in [3.05, 3.63) is 53.9 Å². The minimum absolute atomic E-state index is 0.0259. The van der Waals surface area contributed by atoms with Gasteiger partial charge in [0.15, 0.2) is 9.84 Å². The Morgan fingerprint density at radius 3 is 2.18 bits per heavy atom. The Hall–Kier alpha value is -2.63. The van der Waals surface area contributed by atoms with E-state index in [-0.39, 0.29) is 25.1 Å². The number of benzene rings is 1. The minimum Gasteiger partial charge on any atom is -0.311 e. The summed E-state index contributed by atoms with van der Waals surface area (Å²) in [5.74, 6) is -1.23. The van der Waals surface area contributed by atoms with E-state index in [1.165, 1.54) is 18.7 Å². The average molecular weight is 494 g/mol. The average Bonchev–Trinajstić information content (AvgIpc) is 2.72. The monoisotopic (exact) mass is 494 g/mol. The van der Waals surface area contributed by atoms with E-state index in [4.69, 9.17) is 0 Å². The van der Waals surface area contributed by atoms with Gasteiger partial charge >= 0.3 is 12.4 Å². The summed E-state index contributed by atoms with van der Waals surface area (Å²) in [5.41, 5.74) is -2.06. The highest BCUT2D eigenvalue weighted by Gasteiger charge is 2.46. The second kappa shape index (κ2) is 8.30. The fourth-order valence-electron chi connectivity index (χ4n) is 3.78. The molecule has 3 rings (SSSR count). The Morgan fingerprint density at radius 1 is 1.00 bits per heavy atom. The van der Waals surface area contributed by atoms with Gasteiger partial charge in [-0.05, 0) is 56.5 Å². The smallest absolute Gasteiger partial charge is 0.311 e. The molecule has 33 heavy (non-hydrogen) atoms. The van der Waals surface area contributed by atoms with E-state index in [2.05, 4.69) is 4.98 Å². The first-order valence-electron chi connectivity index (χ1n) is 9.80. The highest BCUT2D eigenvalue weighted by molar-refractivity contribution is 7.92. The SMILES string of the molecule is CC(C)([C@@H]1CCN(c2ccc(C(F)(F)F)nc2)C(=O)C1)S(=O)(=O)c1cccc(C(F)(F)F)c1. The Labute approximate surface area is 186 Å². The second-order valence-corrected chi connectivity index (χ2v) is 10.8. The molecule has 1 atom stereocenters. The summed E-state index contributed by atoms with van der Waals surface area (Å²) in [6.45, 7) is 2.74. The van der Waals surface area contributed by atoms with Gasteiger partial charge in [0.05, 0.1) is 27.1 Å². The van der Waals surface area contributed by atoms with Gasteiger partial charge < -0.3 is 4.90 Å². The first kappa shape index (κ1) is 25.0. The maximum absolute atomic E-state index is 13.2. The van der Waals surface area contributed by atoms with Crippen molar-refractivity contribution in [3.63, 3.8) is 0 Å². The van der Waals surface area contributed by atoms with Gasteiger partial charge in [0.25, 0.3) is 0 Å². The number of aromatic nitrogens is 1. The number of carbonyl (C=O) groups is 1. The molecule has 1 aliphatic rings. The molecule has 2 heterocycles. The fraction of sp³-hybridized carbons (Fsp3) is 0.429. The van der Waals surface area contributed by atoms with Crippen molar-refractivity contribution in [1.82, 2.24) is 4.98 Å². The first-order valence-corrected chi connectivity index (χ1v) is 11.3. The van der Waals surface area contributed by atoms with Gasteiger partial charge in [-0.25, -0.2) is 13.4 Å². The molecule has 1 saturated heterocycles. The van der Waals surface area contributed by atoms with E-state index < -0.39 is 54.9 Å². The van der Waals surface area contributed by atoms with Crippen LogP contribution in [0.2, 0.25) is 0 Å². The molecule has 0 N–H and O–H groups in total. The van der Waals surface area contributed by atoms with Crippen molar-refractivity contribution < 1.29 is 39.6 Å². The lowest BCUT2D eigenvalue weighted by molar-refractivity contribution is -0.141. The van der Waals surface area contributed by atoms with Gasteiger partial charge in [-0.2, -0.15) is 26.3 Å². The van der Waals surface area contributed by atoms with Crippen LogP contribution in [-0.2, 0) is 27.0 Å². The topological polar surface area (TPSA) is 67.3 Å². The maximum atomic E-state index is 13.2. The van der Waals surface area contributed by atoms with Crippen LogP contribution in [0.4, 0.5) is 32.0 Å². The summed E-state index contributed by atoms with van der Waals surface area (Å²) >= 11 is 0. The van der Waals surface area contributed by atoms with Crippen LogP contribution in [0.3, 0.4) is 0 Å². The van der Waals surface area contributed by atoms with E-state index >= 15 is 0 Å². The lowest BCUT2D eigenvalue weighted by atomic mass is 9.85. The number of alkyl halides is 6. The third-order valence-corrected chi connectivity index (χ3v) is 8.51. The summed E-state index contributed by atoms with van der Waals surface area (Å²) in [7, 11) is -4.26. The number of anilines is 1. The standard InChI is InChI=1S/C21H20F6N2O3S/c1-19(2,33(31,32)16-5-3-4-14(10-16)20(22,23)24)13-8-9-29(18(30)11-13)15-6-7-17(28-12-15)21(25,26)27/h3-7,10,12-13H,8-9,11H2,1-2H3/t13-/m1/s1. The summed E-state index contributed by atoms with van der Waals surface area (Å²) in [6.07, 6.45) is -8.49. The Kier molecular flexibility index (Phi) is 6.29. The molecule has 2 aromatic rings. The van der Waals surface area contributed by atoms with Crippen LogP contribution in [0.5, 0.6) is 0 Å². The molecule has 12 heteroatoms. The number of nitrogens with zero attached hydrogens (tertiary/aromatic N) is 2. The van der Waals surface area contributed by atoms with Crippen LogP contribution in [0.1, 0.15) is 37.9 Å². The van der Waals surface area contributed by atoms with Crippen molar-refractivity contribution >= 4 is 21.4 Å². The number of carbonyl (C=O) groups excluding carboxylic acids is 1. The molecule has 0 bridgehead atoms. The molecule has 1 fully saturated rings. The molecular weight excluding hydrogens is 474 g/mol. The van der Waals surface area contributed by atoms with Crippen LogP contribution >= 0.6 is 0 Å². The molecular formula is C21H20F6N2O3S. The molecule has 180 valence electrons. The van der Waals surface area contributed by atoms with Crippen molar-refractivity contribution in [2.75, 3.05) is 11.4 Å². The van der Waals surface area contributed by atoms with Crippen LogP contribution in [0.15, 0.2) is 47.5 Å². The normalized spacial score (nSPS) is 18.5. The maximum Gasteiger partial charge on any atom is 0.433 e. The fourth-order valence-corrected chi connectivity index (χ4v) is 5.56. The lowest BCUT2D eigenvalue weighted by Gasteiger charge is -2.39. The van der Waals surface area contributed by atoms with Gasteiger partial charge in [0.1, 0.15) is 5.69 Å². The van der Waals surface area contributed by atoms with Gasteiger partial charge in [-0.1, -0.05) is 6.07 Å². The molecule has 0 radical (unpaired) electrons. The predicted molar refractivity (Wildman–Crippen MR) is 107 cm³/mol. The van der Waals surface area contributed by atoms with E-state index in [0.29, 0.717) is 6.07 Å². The Balaban J connectivity index is 1.82. The Morgan fingerprint density at radius 2 is 1.67 bits per heavy atom. The third-order valence-electron chi connectivity index (χ3n) is 5.92. The zero-order chi connectivity index (χ0) is 24.8. The zero-order valence-corrected chi connectivity index (χ0v) is 18.4. The van der Waals surface area contributed by atoms with Crippen molar-refractivity contribution in [1.29, 1.82) is 0 Å². The Bertz CT molecular complexity index is 1140. The van der Waals surface area contributed by atoms with E-state index in [1.54, 1.807) is 0 Å². The largest absolute Gasteiger partial charge is 0.433 e. The molecule has 1 aliphatic heterocycles. The summed E-state index contributed by atoms with van der Waals surface area (Å²) in [4.78, 5) is 16.8. The predicted octanol–water partition coefficient (Wildman–Crippen LogP) is 5.11. The molecule has 0 aliphatic carbocycles. The first-order chi connectivity index (χ1) is 15.0. The number of hydrogen-bond acceptors (Lipinski definition) is 4. The van der Waals surface area contributed by atoms with E-state index in [1.807, 2.05) is 0 Å². The number of sulfone groups is 1. The second-order valence-electron chi connectivity index (χ2n) is 8.27. The number of rotatable bonds is 4. The van der Waals surface area contributed by atoms with E-state index in [9.17, 15) is 39.6 Å². The highest BCUT2D eigenvalue weighted by Crippen LogP contribution is 2.40. The van der Waals surface area contributed by atoms with Gasteiger partial charge in [-0.3, -0.25) is 4.79 Å². The number of hydrogen-bond donors (Lipinski definition) is 0. The molecule has 0 spiro atoms. The van der Waals surface area contributed by atoms with Gasteiger partial charge in [-0.15, -0.1) is 0 Å². The van der Waals surface area contributed by atoms with Gasteiger partial charge in [0.2, 0.25) is 5.91 Å². The number of amides is 1. The van der Waals surface area contributed by atoms with Gasteiger partial charge in [0, 0.05) is 13.0 Å². The number of piperidine rings is 1. The van der Waals surface area contributed by atoms with Crippen LogP contribution in [0, 0.1) is 5.92 Å². The molecule has 1 aromatic carbocycles. The quantitative estimate of drug-likeness (QED) is 0.554. The van der Waals surface area contributed by atoms with Crippen molar-refractivity contribution in [2.45, 2.75) is 48.7 Å². The molecule has 1 amide bonds.